The summed E-state index contributed by atoms with van der Waals surface area (Å²) in [6.45, 7) is 5.85. The van der Waals surface area contributed by atoms with Crippen molar-refractivity contribution in [2.24, 2.45) is 0 Å². The van der Waals surface area contributed by atoms with Crippen molar-refractivity contribution in [2.45, 2.75) is 27.2 Å². The van der Waals surface area contributed by atoms with E-state index in [1.54, 1.807) is 6.20 Å². The third-order valence-corrected chi connectivity index (χ3v) is 3.39. The van der Waals surface area contributed by atoms with Gasteiger partial charge in [-0.1, -0.05) is 29.8 Å². The van der Waals surface area contributed by atoms with Gasteiger partial charge in [-0.15, -0.1) is 0 Å². The molecule has 0 aliphatic carbocycles. The number of aromatic nitrogens is 1. The highest BCUT2D eigenvalue weighted by Gasteiger charge is 2.13. The molecule has 0 N–H and O–H groups in total. The first kappa shape index (κ1) is 13.8. The summed E-state index contributed by atoms with van der Waals surface area (Å²) in [6.07, 6.45) is 2.01. The number of Topliss-reactive ketones (excluding diaryl/α,β-unsaturated/α-hetero) is 1. The van der Waals surface area contributed by atoms with Gasteiger partial charge in [-0.2, -0.15) is 0 Å². The Labute approximate surface area is 118 Å². The van der Waals surface area contributed by atoms with E-state index in [4.69, 9.17) is 11.6 Å². The lowest BCUT2D eigenvalue weighted by Crippen LogP contribution is -2.09. The zero-order valence-electron chi connectivity index (χ0n) is 11.3. The van der Waals surface area contributed by atoms with E-state index in [1.165, 1.54) is 0 Å². The molecule has 0 unspecified atom stereocenters. The molecule has 0 radical (unpaired) electrons. The first-order valence-corrected chi connectivity index (χ1v) is 6.56. The summed E-state index contributed by atoms with van der Waals surface area (Å²) in [6, 6.07) is 7.71. The summed E-state index contributed by atoms with van der Waals surface area (Å²) in [5.41, 5.74) is 4.43. The van der Waals surface area contributed by atoms with Crippen LogP contribution >= 0.6 is 11.6 Å². The first-order chi connectivity index (χ1) is 8.97. The molecule has 0 fully saturated rings. The summed E-state index contributed by atoms with van der Waals surface area (Å²) < 4.78 is 0. The molecule has 0 saturated heterocycles. The van der Waals surface area contributed by atoms with Crippen molar-refractivity contribution in [3.63, 3.8) is 0 Å². The second kappa shape index (κ2) is 5.54. The Bertz CT molecular complexity index is 635. The highest BCUT2D eigenvalue weighted by molar-refractivity contribution is 6.31. The number of carbonyl (C=O) groups is 1. The average molecular weight is 274 g/mol. The summed E-state index contributed by atoms with van der Waals surface area (Å²) >= 11 is 6.15. The quantitative estimate of drug-likeness (QED) is 0.789. The Morgan fingerprint density at radius 2 is 1.89 bits per heavy atom. The number of carbonyl (C=O) groups excluding carboxylic acids is 1. The zero-order chi connectivity index (χ0) is 14.0. The predicted molar refractivity (Wildman–Crippen MR) is 77.9 cm³/mol. The standard InChI is InChI=1S/C16H16ClNO/c1-10-4-5-13(14(17)7-10)8-15(19)16-12(3)6-11(2)9-18-16/h4-7,9H,8H2,1-3H3. The Balaban J connectivity index is 2.25. The van der Waals surface area contributed by atoms with E-state index >= 15 is 0 Å². The van der Waals surface area contributed by atoms with Crippen LogP contribution in [0, 0.1) is 20.8 Å². The highest BCUT2D eigenvalue weighted by atomic mass is 35.5. The van der Waals surface area contributed by atoms with Gasteiger partial charge in [0.1, 0.15) is 5.69 Å². The molecule has 0 atom stereocenters. The van der Waals surface area contributed by atoms with E-state index < -0.39 is 0 Å². The lowest BCUT2D eigenvalue weighted by molar-refractivity contribution is 0.0987. The monoisotopic (exact) mass is 273 g/mol. The average Bonchev–Trinajstić information content (AvgIpc) is 2.32. The van der Waals surface area contributed by atoms with E-state index in [9.17, 15) is 4.79 Å². The van der Waals surface area contributed by atoms with Crippen molar-refractivity contribution in [3.8, 4) is 0 Å². The molecular weight excluding hydrogens is 258 g/mol. The van der Waals surface area contributed by atoms with Crippen molar-refractivity contribution in [3.05, 3.63) is 63.4 Å². The summed E-state index contributed by atoms with van der Waals surface area (Å²) in [7, 11) is 0. The van der Waals surface area contributed by atoms with Gasteiger partial charge in [0.05, 0.1) is 0 Å². The highest BCUT2D eigenvalue weighted by Crippen LogP contribution is 2.20. The van der Waals surface area contributed by atoms with Crippen LogP contribution in [0.3, 0.4) is 0 Å². The molecule has 0 amide bonds. The Kier molecular flexibility index (Phi) is 4.01. The maximum atomic E-state index is 12.3. The molecular formula is C16H16ClNO. The van der Waals surface area contributed by atoms with E-state index in [1.807, 2.05) is 45.0 Å². The van der Waals surface area contributed by atoms with Gasteiger partial charge in [0.2, 0.25) is 0 Å². The molecule has 2 nitrogen and oxygen atoms in total. The van der Waals surface area contributed by atoms with E-state index in [2.05, 4.69) is 4.98 Å². The third-order valence-electron chi connectivity index (χ3n) is 3.04. The maximum Gasteiger partial charge on any atom is 0.185 e. The van der Waals surface area contributed by atoms with Gasteiger partial charge in [-0.05, 0) is 49.1 Å². The number of hydrogen-bond donors (Lipinski definition) is 0. The first-order valence-electron chi connectivity index (χ1n) is 6.19. The molecule has 0 aliphatic heterocycles. The number of halogens is 1. The molecule has 0 bridgehead atoms. The molecule has 2 rings (SSSR count). The number of hydrogen-bond acceptors (Lipinski definition) is 2. The third kappa shape index (κ3) is 3.21. The number of rotatable bonds is 3. The molecule has 0 aliphatic rings. The van der Waals surface area contributed by atoms with Gasteiger partial charge in [0.15, 0.2) is 5.78 Å². The molecule has 98 valence electrons. The molecule has 2 aromatic rings. The van der Waals surface area contributed by atoms with Gasteiger partial charge < -0.3 is 0 Å². The van der Waals surface area contributed by atoms with Crippen molar-refractivity contribution in [1.29, 1.82) is 0 Å². The smallest absolute Gasteiger partial charge is 0.185 e. The minimum Gasteiger partial charge on any atom is -0.292 e. The number of aryl methyl sites for hydroxylation is 3. The molecule has 19 heavy (non-hydrogen) atoms. The Hall–Kier alpha value is -1.67. The van der Waals surface area contributed by atoms with Crippen LogP contribution in [0.2, 0.25) is 5.02 Å². The van der Waals surface area contributed by atoms with Crippen LogP contribution < -0.4 is 0 Å². The second-order valence-corrected chi connectivity index (χ2v) is 5.28. The van der Waals surface area contributed by atoms with Crippen LogP contribution in [0.1, 0.15) is 32.7 Å². The molecule has 0 saturated carbocycles. The van der Waals surface area contributed by atoms with Gasteiger partial charge in [-0.3, -0.25) is 9.78 Å². The van der Waals surface area contributed by atoms with Crippen molar-refractivity contribution in [1.82, 2.24) is 4.98 Å². The molecule has 1 aromatic carbocycles. The number of pyridine rings is 1. The van der Waals surface area contributed by atoms with E-state index in [0.717, 1.165) is 22.3 Å². The summed E-state index contributed by atoms with van der Waals surface area (Å²) in [4.78, 5) is 16.5. The fourth-order valence-electron chi connectivity index (χ4n) is 2.06. The van der Waals surface area contributed by atoms with Gasteiger partial charge >= 0.3 is 0 Å². The Morgan fingerprint density at radius 1 is 1.16 bits per heavy atom. The van der Waals surface area contributed by atoms with Crippen LogP contribution in [-0.2, 0) is 6.42 Å². The van der Waals surface area contributed by atoms with Crippen LogP contribution in [0.25, 0.3) is 0 Å². The van der Waals surface area contributed by atoms with Crippen LogP contribution in [0.5, 0.6) is 0 Å². The number of nitrogens with zero attached hydrogens (tertiary/aromatic N) is 1. The largest absolute Gasteiger partial charge is 0.292 e. The van der Waals surface area contributed by atoms with Crippen molar-refractivity contribution in [2.75, 3.05) is 0 Å². The predicted octanol–water partition coefficient (Wildman–Crippen LogP) is 4.09. The van der Waals surface area contributed by atoms with E-state index in [0.29, 0.717) is 10.7 Å². The SMILES string of the molecule is Cc1cnc(C(=O)Cc2ccc(C)cc2Cl)c(C)c1. The molecule has 1 heterocycles. The van der Waals surface area contributed by atoms with Crippen molar-refractivity contribution < 1.29 is 4.79 Å². The number of benzene rings is 1. The number of ketones is 1. The van der Waals surface area contributed by atoms with Gasteiger partial charge in [-0.25, -0.2) is 0 Å². The topological polar surface area (TPSA) is 30.0 Å². The minimum absolute atomic E-state index is 0.00301. The lowest BCUT2D eigenvalue weighted by atomic mass is 10.0. The fourth-order valence-corrected chi connectivity index (χ4v) is 2.36. The fraction of sp³-hybridized carbons (Fsp3) is 0.250. The summed E-state index contributed by atoms with van der Waals surface area (Å²) in [5.74, 6) is 0.00301. The van der Waals surface area contributed by atoms with Gasteiger partial charge in [0.25, 0.3) is 0 Å². The maximum absolute atomic E-state index is 12.3. The van der Waals surface area contributed by atoms with E-state index in [-0.39, 0.29) is 12.2 Å². The molecule has 3 heteroatoms. The zero-order valence-corrected chi connectivity index (χ0v) is 12.1. The lowest BCUT2D eigenvalue weighted by Gasteiger charge is -2.07. The summed E-state index contributed by atoms with van der Waals surface area (Å²) in [5, 5.41) is 0.637. The van der Waals surface area contributed by atoms with Crippen LogP contribution in [0.4, 0.5) is 0 Å². The minimum atomic E-state index is 0.00301. The second-order valence-electron chi connectivity index (χ2n) is 4.87. The molecule has 0 spiro atoms. The Morgan fingerprint density at radius 3 is 2.53 bits per heavy atom. The molecule has 1 aromatic heterocycles. The van der Waals surface area contributed by atoms with Crippen LogP contribution in [0.15, 0.2) is 30.5 Å². The normalized spacial score (nSPS) is 10.5. The van der Waals surface area contributed by atoms with Gasteiger partial charge in [0, 0.05) is 17.6 Å². The van der Waals surface area contributed by atoms with Crippen LogP contribution in [-0.4, -0.2) is 10.8 Å². The van der Waals surface area contributed by atoms with Crippen molar-refractivity contribution >= 4 is 17.4 Å².